The first-order chi connectivity index (χ1) is 27.1. The second kappa shape index (κ2) is 47.3. The summed E-state index contributed by atoms with van der Waals surface area (Å²) >= 11 is 0. The third kappa shape index (κ3) is 45.5. The number of hydrogen-bond acceptors (Lipinski definition) is 5. The van der Waals surface area contributed by atoms with E-state index < -0.39 is 6.10 Å². The van der Waals surface area contributed by atoms with Crippen LogP contribution < -0.4 is 0 Å². The lowest BCUT2D eigenvalue weighted by Gasteiger charge is -2.15. The van der Waals surface area contributed by atoms with E-state index in [-0.39, 0.29) is 25.2 Å². The lowest BCUT2D eigenvalue weighted by molar-refractivity contribution is -0.161. The van der Waals surface area contributed by atoms with Crippen LogP contribution in [0.1, 0.15) is 290 Å². The van der Waals surface area contributed by atoms with Crippen LogP contribution in [-0.2, 0) is 19.1 Å². The lowest BCUT2D eigenvalue weighted by atomic mass is 10.0. The number of carbonyl (C=O) groups is 2. The molecule has 1 N–H and O–H groups in total. The van der Waals surface area contributed by atoms with Crippen molar-refractivity contribution in [3.8, 4) is 0 Å². The molecule has 0 aliphatic rings. The molecule has 0 saturated carbocycles. The van der Waals surface area contributed by atoms with Gasteiger partial charge in [-0.25, -0.2) is 0 Å². The van der Waals surface area contributed by atoms with Gasteiger partial charge in [0.25, 0.3) is 0 Å². The second-order valence-corrected chi connectivity index (χ2v) is 17.3. The van der Waals surface area contributed by atoms with Gasteiger partial charge in [0, 0.05) is 12.8 Å². The zero-order chi connectivity index (χ0) is 40.0. The van der Waals surface area contributed by atoms with Crippen LogP contribution in [0.4, 0.5) is 0 Å². The van der Waals surface area contributed by atoms with E-state index in [4.69, 9.17) is 9.47 Å². The van der Waals surface area contributed by atoms with Crippen molar-refractivity contribution in [3.63, 3.8) is 0 Å². The van der Waals surface area contributed by atoms with E-state index in [1.165, 1.54) is 231 Å². The van der Waals surface area contributed by atoms with Gasteiger partial charge in [0.05, 0.1) is 6.61 Å². The molecule has 0 saturated heterocycles. The molecule has 0 amide bonds. The monoisotopic (exact) mass is 779 g/mol. The molecule has 1 unspecified atom stereocenters. The molecule has 328 valence electrons. The lowest BCUT2D eigenvalue weighted by Crippen LogP contribution is -2.28. The first kappa shape index (κ1) is 53.9. The van der Waals surface area contributed by atoms with E-state index in [0.717, 1.165) is 32.1 Å². The van der Waals surface area contributed by atoms with E-state index >= 15 is 0 Å². The number of unbranched alkanes of at least 4 members (excludes halogenated alkanes) is 39. The Kier molecular flexibility index (Phi) is 46.3. The fraction of sp³-hybridized carbons (Fsp3) is 0.960. The van der Waals surface area contributed by atoms with Crippen LogP contribution in [0.5, 0.6) is 0 Å². The first-order valence-corrected chi connectivity index (χ1v) is 25.1. The number of aliphatic hydroxyl groups is 1. The molecule has 0 aromatic rings. The van der Waals surface area contributed by atoms with Crippen molar-refractivity contribution < 1.29 is 24.2 Å². The molecule has 0 aromatic heterocycles. The van der Waals surface area contributed by atoms with Gasteiger partial charge in [0.15, 0.2) is 6.10 Å². The van der Waals surface area contributed by atoms with Crippen molar-refractivity contribution >= 4 is 11.9 Å². The molecule has 0 radical (unpaired) electrons. The van der Waals surface area contributed by atoms with Crippen LogP contribution in [0.25, 0.3) is 0 Å². The van der Waals surface area contributed by atoms with Crippen LogP contribution in [0.3, 0.4) is 0 Å². The Hall–Kier alpha value is -1.10. The van der Waals surface area contributed by atoms with Gasteiger partial charge in [0.1, 0.15) is 6.61 Å². The minimum Gasteiger partial charge on any atom is -0.462 e. The summed E-state index contributed by atoms with van der Waals surface area (Å²) in [6, 6.07) is 0. The van der Waals surface area contributed by atoms with Gasteiger partial charge in [0.2, 0.25) is 0 Å². The molecular weight excluding hydrogens is 681 g/mol. The molecule has 0 heterocycles. The zero-order valence-corrected chi connectivity index (χ0v) is 37.5. The van der Waals surface area contributed by atoms with Gasteiger partial charge >= 0.3 is 11.9 Å². The van der Waals surface area contributed by atoms with Gasteiger partial charge < -0.3 is 14.6 Å². The number of rotatable bonds is 47. The molecular formula is C50H98O5. The second-order valence-electron chi connectivity index (χ2n) is 17.3. The number of aliphatic hydroxyl groups excluding tert-OH is 1. The SMILES string of the molecule is CCCCCCCCCCCCCCCCCCCCCCCCCCC(=O)OC(CO)COC(=O)CCCCCCCCCCCCCCCCCCC. The normalized spacial score (nSPS) is 12.0. The minimum absolute atomic E-state index is 0.0561. The molecule has 0 bridgehead atoms. The maximum Gasteiger partial charge on any atom is 0.306 e. The van der Waals surface area contributed by atoms with Crippen molar-refractivity contribution in [1.29, 1.82) is 0 Å². The Morgan fingerprint density at radius 2 is 0.564 bits per heavy atom. The molecule has 5 nitrogen and oxygen atoms in total. The number of esters is 2. The summed E-state index contributed by atoms with van der Waals surface area (Å²) in [6.07, 6.45) is 54.8. The summed E-state index contributed by atoms with van der Waals surface area (Å²) in [5.74, 6) is -0.567. The predicted octanol–water partition coefficient (Wildman–Crippen LogP) is 16.2. The molecule has 1 atom stereocenters. The van der Waals surface area contributed by atoms with Crippen molar-refractivity contribution in [2.75, 3.05) is 13.2 Å². The summed E-state index contributed by atoms with van der Waals surface area (Å²) in [7, 11) is 0. The van der Waals surface area contributed by atoms with Crippen LogP contribution in [0, 0.1) is 0 Å². The maximum absolute atomic E-state index is 12.3. The van der Waals surface area contributed by atoms with Gasteiger partial charge in [-0.05, 0) is 12.8 Å². The fourth-order valence-corrected chi connectivity index (χ4v) is 7.85. The highest BCUT2D eigenvalue weighted by atomic mass is 16.6. The highest BCUT2D eigenvalue weighted by Crippen LogP contribution is 2.17. The molecule has 0 aliphatic heterocycles. The van der Waals surface area contributed by atoms with E-state index in [1.807, 2.05) is 0 Å². The Bertz CT molecular complexity index is 754. The summed E-state index contributed by atoms with van der Waals surface area (Å²) < 4.78 is 10.7. The Morgan fingerprint density at radius 3 is 0.800 bits per heavy atom. The minimum atomic E-state index is -0.763. The summed E-state index contributed by atoms with van der Waals surface area (Å²) in [5.41, 5.74) is 0. The Morgan fingerprint density at radius 1 is 0.345 bits per heavy atom. The standard InChI is InChI=1S/C50H98O5/c1-3-5-7-9-11-13-15-17-19-21-22-23-24-25-26-27-29-31-33-35-37-39-41-43-45-50(53)55-48(46-51)47-54-49(52)44-42-40-38-36-34-32-30-28-20-18-16-14-12-10-8-6-4-2/h48,51H,3-47H2,1-2H3. The van der Waals surface area contributed by atoms with Crippen LogP contribution in [0.15, 0.2) is 0 Å². The molecule has 0 fully saturated rings. The van der Waals surface area contributed by atoms with Crippen molar-refractivity contribution in [2.45, 2.75) is 296 Å². The maximum atomic E-state index is 12.3. The average Bonchev–Trinajstić information content (AvgIpc) is 3.19. The first-order valence-electron chi connectivity index (χ1n) is 25.1. The smallest absolute Gasteiger partial charge is 0.306 e. The predicted molar refractivity (Wildman–Crippen MR) is 238 cm³/mol. The quantitative estimate of drug-likeness (QED) is 0.0492. The molecule has 55 heavy (non-hydrogen) atoms. The summed E-state index contributed by atoms with van der Waals surface area (Å²) in [4.78, 5) is 24.4. The molecule has 0 rings (SSSR count). The average molecular weight is 779 g/mol. The van der Waals surface area contributed by atoms with Gasteiger partial charge in [-0.3, -0.25) is 9.59 Å². The van der Waals surface area contributed by atoms with Crippen molar-refractivity contribution in [2.24, 2.45) is 0 Å². The van der Waals surface area contributed by atoms with E-state index in [9.17, 15) is 14.7 Å². The Balaban J connectivity index is 3.42. The molecule has 5 heteroatoms. The van der Waals surface area contributed by atoms with Crippen molar-refractivity contribution in [1.82, 2.24) is 0 Å². The number of carbonyl (C=O) groups excluding carboxylic acids is 2. The molecule has 0 spiro atoms. The summed E-state index contributed by atoms with van der Waals surface area (Å²) in [6.45, 7) is 4.20. The largest absolute Gasteiger partial charge is 0.462 e. The number of ether oxygens (including phenoxy) is 2. The molecule has 0 aliphatic carbocycles. The van der Waals surface area contributed by atoms with Crippen molar-refractivity contribution in [3.05, 3.63) is 0 Å². The van der Waals surface area contributed by atoms with E-state index in [1.54, 1.807) is 0 Å². The summed E-state index contributed by atoms with van der Waals surface area (Å²) in [5, 5.41) is 9.61. The topological polar surface area (TPSA) is 72.8 Å². The zero-order valence-electron chi connectivity index (χ0n) is 37.5. The van der Waals surface area contributed by atoms with Gasteiger partial charge in [-0.2, -0.15) is 0 Å². The van der Waals surface area contributed by atoms with Gasteiger partial charge in [-0.1, -0.05) is 264 Å². The molecule has 0 aromatic carbocycles. The van der Waals surface area contributed by atoms with E-state index in [2.05, 4.69) is 13.8 Å². The van der Waals surface area contributed by atoms with Crippen LogP contribution in [-0.4, -0.2) is 36.4 Å². The van der Waals surface area contributed by atoms with E-state index in [0.29, 0.717) is 12.8 Å². The van der Waals surface area contributed by atoms with Crippen LogP contribution in [0.2, 0.25) is 0 Å². The Labute approximate surface area is 344 Å². The van der Waals surface area contributed by atoms with Gasteiger partial charge in [-0.15, -0.1) is 0 Å². The third-order valence-corrected chi connectivity index (χ3v) is 11.7. The highest BCUT2D eigenvalue weighted by molar-refractivity contribution is 5.70. The fourth-order valence-electron chi connectivity index (χ4n) is 7.85. The van der Waals surface area contributed by atoms with Crippen LogP contribution >= 0.6 is 0 Å². The third-order valence-electron chi connectivity index (χ3n) is 11.7. The highest BCUT2D eigenvalue weighted by Gasteiger charge is 2.16. The number of hydrogen-bond donors (Lipinski definition) is 1.